The Labute approximate surface area is 167 Å². The van der Waals surface area contributed by atoms with Crippen molar-refractivity contribution < 1.29 is 19.4 Å². The number of halogens is 2. The number of hydrogen-bond acceptors (Lipinski definition) is 3. The highest BCUT2D eigenvalue weighted by molar-refractivity contribution is 6.45. The molecule has 0 saturated carbocycles. The van der Waals surface area contributed by atoms with Gasteiger partial charge in [-0.3, -0.25) is 4.79 Å². The number of carboxylic acids is 1. The summed E-state index contributed by atoms with van der Waals surface area (Å²) in [4.78, 5) is 24.2. The smallest absolute Gasteiger partial charge is 0.341 e. The fourth-order valence-electron chi connectivity index (χ4n) is 4.37. The van der Waals surface area contributed by atoms with Crippen LogP contribution >= 0.6 is 23.2 Å². The average molecular weight is 405 g/mol. The van der Waals surface area contributed by atoms with E-state index in [0.29, 0.717) is 12.0 Å². The number of hydrogen-bond donors (Lipinski definition) is 1. The molecule has 0 bridgehead atoms. The third-order valence-corrected chi connectivity index (χ3v) is 6.47. The lowest BCUT2D eigenvalue weighted by atomic mass is 9.76. The molecule has 0 heterocycles. The molecule has 4 rings (SSSR count). The fraction of sp³-hybridized carbons (Fsp3) is 0.333. The van der Waals surface area contributed by atoms with E-state index >= 15 is 0 Å². The van der Waals surface area contributed by atoms with Crippen LogP contribution in [0.2, 0.25) is 10.0 Å². The number of Topliss-reactive ketones (excluding diaryl/α,β-unsaturated/α-hetero) is 1. The summed E-state index contributed by atoms with van der Waals surface area (Å²) in [7, 11) is 0. The van der Waals surface area contributed by atoms with Gasteiger partial charge in [-0.15, -0.1) is 0 Å². The number of fused-ring (bicyclic) bond motifs is 2. The van der Waals surface area contributed by atoms with Crippen LogP contribution in [0.25, 0.3) is 0 Å². The first-order chi connectivity index (χ1) is 12.8. The molecule has 27 heavy (non-hydrogen) atoms. The molecule has 6 heteroatoms. The van der Waals surface area contributed by atoms with Crippen LogP contribution in [0.4, 0.5) is 0 Å². The van der Waals surface area contributed by atoms with Gasteiger partial charge in [-0.25, -0.2) is 4.79 Å². The molecule has 1 N–H and O–H groups in total. The number of carboxylic acid groups (broad SMARTS) is 1. The van der Waals surface area contributed by atoms with Crippen LogP contribution in [0, 0.1) is 0 Å². The maximum Gasteiger partial charge on any atom is 0.341 e. The predicted octanol–water partition coefficient (Wildman–Crippen LogP) is 4.64. The van der Waals surface area contributed by atoms with Crippen LogP contribution in [-0.2, 0) is 29.5 Å². The van der Waals surface area contributed by atoms with Gasteiger partial charge in [-0.2, -0.15) is 0 Å². The summed E-state index contributed by atoms with van der Waals surface area (Å²) in [6.45, 7) is 1.43. The highest BCUT2D eigenvalue weighted by atomic mass is 35.5. The molecule has 0 fully saturated rings. The van der Waals surface area contributed by atoms with Gasteiger partial charge in [0, 0.05) is 5.56 Å². The van der Waals surface area contributed by atoms with Crippen molar-refractivity contribution >= 4 is 35.0 Å². The third-order valence-electron chi connectivity index (χ3n) is 5.62. The number of carbonyl (C=O) groups excluding carboxylic acids is 1. The Kier molecular flexibility index (Phi) is 4.44. The van der Waals surface area contributed by atoms with Crippen LogP contribution in [-0.4, -0.2) is 23.5 Å². The second-order valence-corrected chi connectivity index (χ2v) is 8.11. The lowest BCUT2D eigenvalue weighted by Crippen LogP contribution is -2.30. The van der Waals surface area contributed by atoms with E-state index in [-0.39, 0.29) is 21.6 Å². The summed E-state index contributed by atoms with van der Waals surface area (Å²) in [6, 6.07) is 7.82. The molecule has 2 aromatic carbocycles. The Morgan fingerprint density at radius 1 is 1.22 bits per heavy atom. The molecule has 0 aromatic heterocycles. The number of benzene rings is 2. The van der Waals surface area contributed by atoms with E-state index < -0.39 is 18.0 Å². The van der Waals surface area contributed by atoms with Crippen molar-refractivity contribution in [3.63, 3.8) is 0 Å². The van der Waals surface area contributed by atoms with Crippen LogP contribution in [0.3, 0.4) is 0 Å². The highest BCUT2D eigenvalue weighted by Gasteiger charge is 2.46. The maximum absolute atomic E-state index is 13.4. The van der Waals surface area contributed by atoms with E-state index in [4.69, 9.17) is 33.0 Å². The van der Waals surface area contributed by atoms with Gasteiger partial charge < -0.3 is 9.84 Å². The van der Waals surface area contributed by atoms with Crippen molar-refractivity contribution in [3.05, 3.63) is 62.1 Å². The van der Waals surface area contributed by atoms with Gasteiger partial charge in [0.1, 0.15) is 10.8 Å². The van der Waals surface area contributed by atoms with Gasteiger partial charge >= 0.3 is 5.97 Å². The number of carbonyl (C=O) groups is 2. The second-order valence-electron chi connectivity index (χ2n) is 7.35. The van der Waals surface area contributed by atoms with Gasteiger partial charge in [-0.05, 0) is 60.9 Å². The molecule has 1 unspecified atom stereocenters. The number of ether oxygens (including phenoxy) is 1. The van der Waals surface area contributed by atoms with Gasteiger partial charge in [0.2, 0.25) is 0 Å². The van der Waals surface area contributed by atoms with E-state index in [1.54, 1.807) is 6.07 Å². The molecular weight excluding hydrogens is 387 g/mol. The van der Waals surface area contributed by atoms with Crippen molar-refractivity contribution in [1.29, 1.82) is 0 Å². The Balaban J connectivity index is 1.79. The molecular formula is C21H18Cl2O4. The molecule has 0 amide bonds. The van der Waals surface area contributed by atoms with Gasteiger partial charge in [-0.1, -0.05) is 41.4 Å². The van der Waals surface area contributed by atoms with E-state index in [0.717, 1.165) is 30.4 Å². The zero-order valence-electron chi connectivity index (χ0n) is 14.8. The minimum atomic E-state index is -1.11. The monoisotopic (exact) mass is 404 g/mol. The number of aryl methyl sites for hydroxylation is 1. The highest BCUT2D eigenvalue weighted by Crippen LogP contribution is 2.48. The lowest BCUT2D eigenvalue weighted by molar-refractivity contribution is -0.139. The molecule has 0 spiro atoms. The quantitative estimate of drug-likeness (QED) is 0.805. The molecule has 4 nitrogen and oxygen atoms in total. The summed E-state index contributed by atoms with van der Waals surface area (Å²) in [5, 5.41) is 9.05. The summed E-state index contributed by atoms with van der Waals surface area (Å²) in [5.74, 6) is -0.962. The number of rotatable bonds is 4. The van der Waals surface area contributed by atoms with Crippen molar-refractivity contribution in [3.8, 4) is 5.75 Å². The SMILES string of the molecule is CC1(c2cccc3c2CCC3)Cc2cc(OCC(=O)O)c(Cl)c(Cl)c2C1=O. The number of aliphatic carboxylic acids is 1. The zero-order valence-corrected chi connectivity index (χ0v) is 16.3. The largest absolute Gasteiger partial charge is 0.480 e. The maximum atomic E-state index is 13.4. The van der Waals surface area contributed by atoms with Gasteiger partial charge in [0.15, 0.2) is 12.4 Å². The first kappa shape index (κ1) is 18.3. The predicted molar refractivity (Wildman–Crippen MR) is 103 cm³/mol. The summed E-state index contributed by atoms with van der Waals surface area (Å²) in [6.07, 6.45) is 3.60. The van der Waals surface area contributed by atoms with E-state index in [9.17, 15) is 9.59 Å². The first-order valence-corrected chi connectivity index (χ1v) is 9.60. The molecule has 1 atom stereocenters. The normalized spacial score (nSPS) is 20.5. The summed E-state index contributed by atoms with van der Waals surface area (Å²) >= 11 is 12.7. The average Bonchev–Trinajstić information content (AvgIpc) is 3.20. The van der Waals surface area contributed by atoms with E-state index in [1.807, 2.05) is 19.1 Å². The van der Waals surface area contributed by atoms with Crippen molar-refractivity contribution in [2.24, 2.45) is 0 Å². The number of ketones is 1. The van der Waals surface area contributed by atoms with Crippen LogP contribution in [0.15, 0.2) is 24.3 Å². The second kappa shape index (κ2) is 6.54. The Morgan fingerprint density at radius 2 is 2.00 bits per heavy atom. The van der Waals surface area contributed by atoms with E-state index in [2.05, 4.69) is 6.07 Å². The Bertz CT molecular complexity index is 983. The van der Waals surface area contributed by atoms with E-state index in [1.165, 1.54) is 11.1 Å². The standard InChI is InChI=1S/C21H18Cl2O4/c1-21(14-7-3-5-11-4-2-6-13(11)14)9-12-8-15(27-10-16(24)25)18(22)19(23)17(12)20(21)26/h3,5,7-8H,2,4,6,9-10H2,1H3,(H,24,25). The van der Waals surface area contributed by atoms with Crippen LogP contribution in [0.5, 0.6) is 5.75 Å². The minimum Gasteiger partial charge on any atom is -0.480 e. The summed E-state index contributed by atoms with van der Waals surface area (Å²) < 4.78 is 5.26. The first-order valence-electron chi connectivity index (χ1n) is 8.84. The zero-order chi connectivity index (χ0) is 19.3. The fourth-order valence-corrected chi connectivity index (χ4v) is 4.88. The van der Waals surface area contributed by atoms with Crippen LogP contribution in [0.1, 0.15) is 46.0 Å². The molecule has 0 saturated heterocycles. The lowest BCUT2D eigenvalue weighted by Gasteiger charge is -2.25. The Hall–Kier alpha value is -2.04. The van der Waals surface area contributed by atoms with Crippen LogP contribution < -0.4 is 4.74 Å². The molecule has 140 valence electrons. The summed E-state index contributed by atoms with van der Waals surface area (Å²) in [5.41, 5.74) is 4.09. The molecule has 2 aliphatic carbocycles. The van der Waals surface area contributed by atoms with Crippen molar-refractivity contribution in [1.82, 2.24) is 0 Å². The third kappa shape index (κ3) is 2.82. The van der Waals surface area contributed by atoms with Gasteiger partial charge in [0.25, 0.3) is 0 Å². The van der Waals surface area contributed by atoms with Gasteiger partial charge in [0.05, 0.1) is 10.4 Å². The minimum absolute atomic E-state index is 0.0468. The van der Waals surface area contributed by atoms with Crippen molar-refractivity contribution in [2.75, 3.05) is 6.61 Å². The van der Waals surface area contributed by atoms with Crippen molar-refractivity contribution in [2.45, 2.75) is 38.0 Å². The molecule has 2 aromatic rings. The molecule has 2 aliphatic rings. The molecule has 0 aliphatic heterocycles. The topological polar surface area (TPSA) is 63.6 Å². The molecule has 0 radical (unpaired) electrons. The Morgan fingerprint density at radius 3 is 2.74 bits per heavy atom.